The van der Waals surface area contributed by atoms with Gasteiger partial charge < -0.3 is 15.1 Å². The van der Waals surface area contributed by atoms with Gasteiger partial charge in [0.05, 0.1) is 21.8 Å². The van der Waals surface area contributed by atoms with Crippen molar-refractivity contribution in [3.63, 3.8) is 0 Å². The van der Waals surface area contributed by atoms with E-state index >= 15 is 0 Å². The number of hydrogen-bond acceptors (Lipinski definition) is 6. The maximum atomic E-state index is 12.5. The molecule has 28 heavy (non-hydrogen) atoms. The zero-order chi connectivity index (χ0) is 20.1. The highest BCUT2D eigenvalue weighted by atomic mass is 32.1. The molecule has 0 bridgehead atoms. The van der Waals surface area contributed by atoms with Crippen molar-refractivity contribution >= 4 is 34.5 Å². The second kappa shape index (κ2) is 9.16. The molecule has 2 N–H and O–H groups in total. The zero-order valence-corrected chi connectivity index (χ0v) is 17.7. The summed E-state index contributed by atoms with van der Waals surface area (Å²) in [4.78, 5) is 31.5. The Bertz CT molecular complexity index is 928. The van der Waals surface area contributed by atoms with Crippen molar-refractivity contribution in [2.75, 3.05) is 6.54 Å². The van der Waals surface area contributed by atoms with Crippen LogP contribution in [0, 0.1) is 12.8 Å². The van der Waals surface area contributed by atoms with Gasteiger partial charge in [-0.1, -0.05) is 13.8 Å². The van der Waals surface area contributed by atoms with Gasteiger partial charge in [-0.05, 0) is 43.5 Å². The first-order chi connectivity index (χ1) is 13.4. The second-order valence-corrected chi connectivity index (χ2v) is 8.96. The number of carbonyl (C=O) groups excluding carboxylic acids is 2. The van der Waals surface area contributed by atoms with Crippen LogP contribution in [0.3, 0.4) is 0 Å². The number of aryl methyl sites for hydroxylation is 1. The Morgan fingerprint density at radius 1 is 1.25 bits per heavy atom. The van der Waals surface area contributed by atoms with E-state index < -0.39 is 6.04 Å². The zero-order valence-electron chi connectivity index (χ0n) is 16.0. The molecule has 0 saturated heterocycles. The van der Waals surface area contributed by atoms with Crippen LogP contribution in [-0.4, -0.2) is 29.4 Å². The molecule has 3 aromatic rings. The average molecular weight is 418 g/mol. The topological polar surface area (TPSA) is 84.2 Å². The molecule has 1 atom stereocenters. The highest BCUT2D eigenvalue weighted by Gasteiger charge is 2.25. The Morgan fingerprint density at radius 3 is 2.71 bits per heavy atom. The molecule has 3 aromatic heterocycles. The molecule has 0 aliphatic heterocycles. The number of aromatic nitrogens is 1. The fourth-order valence-electron chi connectivity index (χ4n) is 2.70. The third-order valence-electron chi connectivity index (χ3n) is 4.18. The molecule has 0 aliphatic rings. The fraction of sp³-hybridized carbons (Fsp3) is 0.350. The molecule has 0 unspecified atom stereocenters. The summed E-state index contributed by atoms with van der Waals surface area (Å²) in [5.74, 6) is -0.427. The van der Waals surface area contributed by atoms with Crippen molar-refractivity contribution in [2.24, 2.45) is 5.92 Å². The fourth-order valence-corrected chi connectivity index (χ4v) is 4.36. The Kier molecular flexibility index (Phi) is 6.64. The van der Waals surface area contributed by atoms with Gasteiger partial charge in [0.25, 0.3) is 5.91 Å². The predicted molar refractivity (Wildman–Crippen MR) is 112 cm³/mol. The maximum Gasteiger partial charge on any atom is 0.287 e. The number of furan rings is 1. The second-order valence-electron chi connectivity index (χ2n) is 6.73. The van der Waals surface area contributed by atoms with E-state index in [0.29, 0.717) is 6.54 Å². The van der Waals surface area contributed by atoms with Crippen molar-refractivity contribution in [2.45, 2.75) is 33.2 Å². The summed E-state index contributed by atoms with van der Waals surface area (Å²) in [7, 11) is 0. The van der Waals surface area contributed by atoms with Crippen LogP contribution < -0.4 is 10.6 Å². The third kappa shape index (κ3) is 5.08. The van der Waals surface area contributed by atoms with Gasteiger partial charge in [0.2, 0.25) is 5.91 Å². The van der Waals surface area contributed by atoms with Crippen LogP contribution in [0.5, 0.6) is 0 Å². The van der Waals surface area contributed by atoms with Crippen LogP contribution in [0.2, 0.25) is 0 Å². The van der Waals surface area contributed by atoms with E-state index in [9.17, 15) is 9.59 Å². The molecule has 2 amide bonds. The Balaban J connectivity index is 1.52. The lowest BCUT2D eigenvalue weighted by Gasteiger charge is -2.21. The lowest BCUT2D eigenvalue weighted by atomic mass is 10.0. The number of thiophene rings is 1. The minimum absolute atomic E-state index is 0.0415. The number of carbonyl (C=O) groups is 2. The Hall–Kier alpha value is -2.45. The van der Waals surface area contributed by atoms with Gasteiger partial charge in [-0.15, -0.1) is 22.7 Å². The summed E-state index contributed by atoms with van der Waals surface area (Å²) in [5, 5.41) is 8.78. The Morgan fingerprint density at radius 2 is 2.07 bits per heavy atom. The van der Waals surface area contributed by atoms with E-state index in [1.54, 1.807) is 34.8 Å². The summed E-state index contributed by atoms with van der Waals surface area (Å²) >= 11 is 3.32. The number of thiazole rings is 1. The van der Waals surface area contributed by atoms with Gasteiger partial charge in [0.1, 0.15) is 6.04 Å². The number of hydrogen-bond donors (Lipinski definition) is 2. The van der Waals surface area contributed by atoms with Crippen LogP contribution in [-0.2, 0) is 11.2 Å². The van der Waals surface area contributed by atoms with Crippen molar-refractivity contribution < 1.29 is 14.0 Å². The molecule has 0 fully saturated rings. The van der Waals surface area contributed by atoms with E-state index in [0.717, 1.165) is 22.0 Å². The summed E-state index contributed by atoms with van der Waals surface area (Å²) in [6, 6.07) is 6.73. The van der Waals surface area contributed by atoms with Crippen LogP contribution in [0.15, 0.2) is 40.3 Å². The average Bonchev–Trinajstić information content (AvgIpc) is 3.40. The van der Waals surface area contributed by atoms with Crippen molar-refractivity contribution in [1.29, 1.82) is 0 Å². The van der Waals surface area contributed by atoms with Crippen molar-refractivity contribution in [1.82, 2.24) is 15.6 Å². The number of amides is 2. The highest BCUT2D eigenvalue weighted by molar-refractivity contribution is 7.16. The largest absolute Gasteiger partial charge is 0.459 e. The van der Waals surface area contributed by atoms with Crippen LogP contribution in [0.25, 0.3) is 10.6 Å². The molecule has 0 aliphatic carbocycles. The van der Waals surface area contributed by atoms with Gasteiger partial charge in [-0.25, -0.2) is 4.98 Å². The SMILES string of the molecule is Cc1nc(-c2ccc(CCNC(=O)[C@@H](NC(=O)c3ccco3)C(C)C)s2)cs1. The number of nitrogens with zero attached hydrogens (tertiary/aromatic N) is 1. The molecule has 0 aromatic carbocycles. The molecule has 0 saturated carbocycles. The van der Waals surface area contributed by atoms with Gasteiger partial charge in [-0.2, -0.15) is 0 Å². The molecule has 0 radical (unpaired) electrons. The van der Waals surface area contributed by atoms with Crippen LogP contribution in [0.4, 0.5) is 0 Å². The van der Waals surface area contributed by atoms with E-state index in [1.807, 2.05) is 20.8 Å². The van der Waals surface area contributed by atoms with Gasteiger partial charge in [0.15, 0.2) is 5.76 Å². The minimum Gasteiger partial charge on any atom is -0.459 e. The first-order valence-corrected chi connectivity index (χ1v) is 10.8. The van der Waals surface area contributed by atoms with Crippen LogP contribution >= 0.6 is 22.7 Å². The van der Waals surface area contributed by atoms with Gasteiger partial charge in [-0.3, -0.25) is 9.59 Å². The number of rotatable bonds is 8. The monoisotopic (exact) mass is 417 g/mol. The summed E-state index contributed by atoms with van der Waals surface area (Å²) in [6.45, 7) is 6.30. The van der Waals surface area contributed by atoms with E-state index in [4.69, 9.17) is 4.42 Å². The van der Waals surface area contributed by atoms with E-state index in [1.165, 1.54) is 11.1 Å². The highest BCUT2D eigenvalue weighted by Crippen LogP contribution is 2.29. The molecule has 3 rings (SSSR count). The van der Waals surface area contributed by atoms with Crippen molar-refractivity contribution in [3.8, 4) is 10.6 Å². The van der Waals surface area contributed by atoms with E-state index in [2.05, 4.69) is 33.1 Å². The summed E-state index contributed by atoms with van der Waals surface area (Å²) in [5.41, 5.74) is 1.00. The normalized spacial score (nSPS) is 12.1. The number of nitrogens with one attached hydrogen (secondary N) is 2. The first-order valence-electron chi connectivity index (χ1n) is 9.07. The molecular weight excluding hydrogens is 394 g/mol. The molecule has 3 heterocycles. The van der Waals surface area contributed by atoms with Crippen molar-refractivity contribution in [3.05, 3.63) is 51.6 Å². The van der Waals surface area contributed by atoms with E-state index in [-0.39, 0.29) is 23.5 Å². The maximum absolute atomic E-state index is 12.5. The standard InChI is InChI=1S/C20H23N3O3S2/c1-12(2)18(23-19(24)16-5-4-10-26-16)20(25)21-9-8-14-6-7-17(28-14)15-11-27-13(3)22-15/h4-7,10-12,18H,8-9H2,1-3H3,(H,21,25)(H,23,24)/t18-/m0/s1. The summed E-state index contributed by atoms with van der Waals surface area (Å²) < 4.78 is 5.09. The smallest absolute Gasteiger partial charge is 0.287 e. The lowest BCUT2D eigenvalue weighted by molar-refractivity contribution is -0.123. The summed E-state index contributed by atoms with van der Waals surface area (Å²) in [6.07, 6.45) is 2.16. The lowest BCUT2D eigenvalue weighted by Crippen LogP contribution is -2.50. The minimum atomic E-state index is -0.616. The molecule has 6 nitrogen and oxygen atoms in total. The molecule has 8 heteroatoms. The molecular formula is C20H23N3O3S2. The van der Waals surface area contributed by atoms with Gasteiger partial charge in [0, 0.05) is 16.8 Å². The molecule has 0 spiro atoms. The predicted octanol–water partition coefficient (Wildman–Crippen LogP) is 3.89. The third-order valence-corrected chi connectivity index (χ3v) is 6.13. The molecule has 148 valence electrons. The Labute approximate surface area is 172 Å². The first kappa shape index (κ1) is 20.3. The quantitative estimate of drug-likeness (QED) is 0.582. The van der Waals surface area contributed by atoms with Gasteiger partial charge >= 0.3 is 0 Å². The van der Waals surface area contributed by atoms with Crippen LogP contribution in [0.1, 0.15) is 34.3 Å².